The summed E-state index contributed by atoms with van der Waals surface area (Å²) >= 11 is 5.77. The zero-order valence-corrected chi connectivity index (χ0v) is 12.4. The van der Waals surface area contributed by atoms with Gasteiger partial charge in [-0.25, -0.2) is 18.7 Å². The first-order chi connectivity index (χ1) is 9.91. The average Bonchev–Trinajstić information content (AvgIpc) is 2.97. The van der Waals surface area contributed by atoms with Crippen LogP contribution in [0.25, 0.3) is 0 Å². The summed E-state index contributed by atoms with van der Waals surface area (Å²) in [6.45, 7) is 0. The number of fused-ring (bicyclic) bond motifs is 2. The molecule has 1 unspecified atom stereocenters. The third-order valence-corrected chi connectivity index (χ3v) is 5.24. The lowest BCUT2D eigenvalue weighted by Gasteiger charge is -2.35. The summed E-state index contributed by atoms with van der Waals surface area (Å²) in [4.78, 5) is 5.44. The summed E-state index contributed by atoms with van der Waals surface area (Å²) in [6.07, 6.45) is 1.34. The normalized spacial score (nSPS) is 32.6. The van der Waals surface area contributed by atoms with E-state index in [1.54, 1.807) is 0 Å². The summed E-state index contributed by atoms with van der Waals surface area (Å²) in [5, 5.41) is -0.157. The second kappa shape index (κ2) is 5.14. The molecule has 6 heteroatoms. The summed E-state index contributed by atoms with van der Waals surface area (Å²) < 4.78 is 42.9. The van der Waals surface area contributed by atoms with Crippen LogP contribution in [0.3, 0.4) is 0 Å². The van der Waals surface area contributed by atoms with Crippen LogP contribution >= 0.6 is 11.6 Å². The van der Waals surface area contributed by atoms with Gasteiger partial charge in [-0.1, -0.05) is 11.6 Å². The van der Waals surface area contributed by atoms with Crippen molar-refractivity contribution < 1.29 is 18.0 Å². The first-order valence-electron chi connectivity index (χ1n) is 7.06. The Morgan fingerprint density at radius 3 is 2.43 bits per heavy atom. The van der Waals surface area contributed by atoms with Gasteiger partial charge < -0.3 is 0 Å². The SMILES string of the molecule is CNOC(c1c(F)ccc(Cl)c1F)C12CCC(F)(CC1)C2. The molecule has 1 aromatic rings. The Balaban J connectivity index is 2.06. The minimum Gasteiger partial charge on any atom is -0.293 e. The molecule has 21 heavy (non-hydrogen) atoms. The van der Waals surface area contributed by atoms with E-state index in [-0.39, 0.29) is 17.0 Å². The first-order valence-corrected chi connectivity index (χ1v) is 7.43. The van der Waals surface area contributed by atoms with E-state index in [4.69, 9.17) is 16.4 Å². The molecule has 2 aliphatic carbocycles. The molecule has 2 aliphatic rings. The number of nitrogens with one attached hydrogen (secondary N) is 1. The summed E-state index contributed by atoms with van der Waals surface area (Å²) in [5.41, 5.74) is 0.502. The number of rotatable bonds is 4. The molecule has 2 saturated carbocycles. The highest BCUT2D eigenvalue weighted by molar-refractivity contribution is 6.30. The fourth-order valence-corrected chi connectivity index (χ4v) is 4.09. The molecule has 0 aliphatic heterocycles. The maximum absolute atomic E-state index is 14.4. The monoisotopic (exact) mass is 319 g/mol. The molecule has 0 radical (unpaired) electrons. The van der Waals surface area contributed by atoms with Crippen LogP contribution in [-0.4, -0.2) is 12.7 Å². The van der Waals surface area contributed by atoms with Gasteiger partial charge in [0.15, 0.2) is 5.82 Å². The van der Waals surface area contributed by atoms with E-state index in [0.717, 1.165) is 6.07 Å². The maximum Gasteiger partial charge on any atom is 0.150 e. The van der Waals surface area contributed by atoms with E-state index in [0.29, 0.717) is 25.7 Å². The lowest BCUT2D eigenvalue weighted by Crippen LogP contribution is -2.31. The first kappa shape index (κ1) is 15.1. The Morgan fingerprint density at radius 2 is 1.90 bits per heavy atom. The van der Waals surface area contributed by atoms with Crippen LogP contribution in [0.2, 0.25) is 5.02 Å². The quantitative estimate of drug-likeness (QED) is 0.652. The lowest BCUT2D eigenvalue weighted by atomic mass is 9.76. The van der Waals surface area contributed by atoms with Crippen LogP contribution in [-0.2, 0) is 4.84 Å². The molecule has 1 N–H and O–H groups in total. The smallest absolute Gasteiger partial charge is 0.150 e. The molecular weight excluding hydrogens is 303 g/mol. The average molecular weight is 320 g/mol. The summed E-state index contributed by atoms with van der Waals surface area (Å²) in [6, 6.07) is 2.29. The van der Waals surface area contributed by atoms with Crippen molar-refractivity contribution in [3.8, 4) is 0 Å². The Morgan fingerprint density at radius 1 is 1.24 bits per heavy atom. The Hall–Kier alpha value is -0.780. The van der Waals surface area contributed by atoms with Crippen LogP contribution in [0.1, 0.15) is 43.8 Å². The standard InChI is InChI=1S/C15H17ClF3NO/c1-20-21-13(11-10(17)3-2-9(16)12(11)18)14-4-6-15(19,8-14)7-5-14/h2-3,13,20H,4-8H2,1H3. The predicted octanol–water partition coefficient (Wildman–Crippen LogP) is 4.48. The topological polar surface area (TPSA) is 21.3 Å². The molecule has 1 aromatic carbocycles. The van der Waals surface area contributed by atoms with E-state index < -0.39 is 28.8 Å². The highest BCUT2D eigenvalue weighted by Gasteiger charge is 2.59. The minimum absolute atomic E-state index is 0.157. The van der Waals surface area contributed by atoms with Crippen molar-refractivity contribution in [2.45, 2.75) is 43.9 Å². The zero-order valence-electron chi connectivity index (χ0n) is 11.7. The molecule has 3 rings (SSSR count). The fourth-order valence-electron chi connectivity index (χ4n) is 3.93. The molecule has 0 spiro atoms. The predicted molar refractivity (Wildman–Crippen MR) is 73.6 cm³/mol. The third kappa shape index (κ3) is 2.35. The third-order valence-electron chi connectivity index (χ3n) is 4.94. The number of halogens is 4. The molecule has 0 saturated heterocycles. The molecule has 2 nitrogen and oxygen atoms in total. The maximum atomic E-state index is 14.4. The zero-order chi connectivity index (χ0) is 15.3. The number of hydrogen-bond acceptors (Lipinski definition) is 2. The largest absolute Gasteiger partial charge is 0.293 e. The van der Waals surface area contributed by atoms with E-state index in [9.17, 15) is 13.2 Å². The number of hydrogen-bond donors (Lipinski definition) is 1. The van der Waals surface area contributed by atoms with Gasteiger partial charge >= 0.3 is 0 Å². The van der Waals surface area contributed by atoms with Gasteiger partial charge in [-0.05, 0) is 44.2 Å². The fraction of sp³-hybridized carbons (Fsp3) is 0.600. The van der Waals surface area contributed by atoms with Gasteiger partial charge in [-0.3, -0.25) is 4.84 Å². The Kier molecular flexibility index (Phi) is 3.71. The van der Waals surface area contributed by atoms with E-state index >= 15 is 0 Å². The summed E-state index contributed by atoms with van der Waals surface area (Å²) in [5.74, 6) is -1.54. The van der Waals surface area contributed by atoms with Crippen LogP contribution in [0.5, 0.6) is 0 Å². The van der Waals surface area contributed by atoms with Crippen molar-refractivity contribution in [1.29, 1.82) is 0 Å². The van der Waals surface area contributed by atoms with Crippen LogP contribution in [0.15, 0.2) is 12.1 Å². The van der Waals surface area contributed by atoms with Crippen molar-refractivity contribution in [2.75, 3.05) is 7.05 Å². The minimum atomic E-state index is -1.22. The van der Waals surface area contributed by atoms with Gasteiger partial charge in [0.2, 0.25) is 0 Å². The van der Waals surface area contributed by atoms with Crippen LogP contribution in [0, 0.1) is 17.0 Å². The molecule has 2 fully saturated rings. The van der Waals surface area contributed by atoms with Gasteiger partial charge in [0.25, 0.3) is 0 Å². The van der Waals surface area contributed by atoms with Crippen molar-refractivity contribution in [2.24, 2.45) is 5.41 Å². The molecular formula is C15H17ClF3NO. The van der Waals surface area contributed by atoms with Crippen molar-refractivity contribution >= 4 is 11.6 Å². The molecule has 0 amide bonds. The van der Waals surface area contributed by atoms with Crippen LogP contribution < -0.4 is 5.48 Å². The number of hydroxylamine groups is 1. The Bertz CT molecular complexity index is 558. The van der Waals surface area contributed by atoms with E-state index in [1.807, 2.05) is 0 Å². The second-order valence-electron chi connectivity index (χ2n) is 6.15. The van der Waals surface area contributed by atoms with Gasteiger partial charge in [-0.2, -0.15) is 0 Å². The number of benzene rings is 1. The van der Waals surface area contributed by atoms with Gasteiger partial charge in [-0.15, -0.1) is 0 Å². The van der Waals surface area contributed by atoms with Crippen LogP contribution in [0.4, 0.5) is 13.2 Å². The van der Waals surface area contributed by atoms with Gasteiger partial charge in [0.05, 0.1) is 10.6 Å². The van der Waals surface area contributed by atoms with Crippen molar-refractivity contribution in [3.63, 3.8) is 0 Å². The summed E-state index contributed by atoms with van der Waals surface area (Å²) in [7, 11) is 1.52. The highest BCUT2D eigenvalue weighted by atomic mass is 35.5. The van der Waals surface area contributed by atoms with Crippen molar-refractivity contribution in [1.82, 2.24) is 5.48 Å². The number of alkyl halides is 1. The van der Waals surface area contributed by atoms with E-state index in [2.05, 4.69) is 5.48 Å². The van der Waals surface area contributed by atoms with Gasteiger partial charge in [0.1, 0.15) is 17.6 Å². The van der Waals surface area contributed by atoms with Crippen molar-refractivity contribution in [3.05, 3.63) is 34.4 Å². The van der Waals surface area contributed by atoms with Gasteiger partial charge in [0, 0.05) is 12.5 Å². The second-order valence-corrected chi connectivity index (χ2v) is 6.56. The molecule has 1 atom stereocenters. The molecule has 2 bridgehead atoms. The lowest BCUT2D eigenvalue weighted by molar-refractivity contribution is -0.0903. The molecule has 0 heterocycles. The molecule has 116 valence electrons. The highest BCUT2D eigenvalue weighted by Crippen LogP contribution is 2.64. The Labute approximate surface area is 126 Å². The van der Waals surface area contributed by atoms with E-state index in [1.165, 1.54) is 13.1 Å². The molecule has 0 aromatic heterocycles.